The van der Waals surface area contributed by atoms with Crippen LogP contribution in [0.5, 0.6) is 0 Å². The van der Waals surface area contributed by atoms with E-state index in [1.165, 1.54) is 43.2 Å². The highest BCUT2D eigenvalue weighted by molar-refractivity contribution is 5.23. The number of aliphatic hydroxyl groups is 1. The molecule has 122 valence electrons. The molecule has 3 N–H and O–H groups in total. The van der Waals surface area contributed by atoms with E-state index in [1.807, 2.05) is 0 Å². The van der Waals surface area contributed by atoms with Gasteiger partial charge in [-0.25, -0.2) is 0 Å². The first-order valence-corrected chi connectivity index (χ1v) is 8.84. The summed E-state index contributed by atoms with van der Waals surface area (Å²) in [5.41, 5.74) is 8.54. The van der Waals surface area contributed by atoms with Gasteiger partial charge in [0.25, 0.3) is 0 Å². The van der Waals surface area contributed by atoms with Gasteiger partial charge in [-0.15, -0.1) is 0 Å². The fraction of sp³-hybridized carbons (Fsp3) is 0.684. The molecule has 0 spiro atoms. The third-order valence-electron chi connectivity index (χ3n) is 5.33. The Morgan fingerprint density at radius 3 is 2.82 bits per heavy atom. The van der Waals surface area contributed by atoms with Crippen LogP contribution in [0.3, 0.4) is 0 Å². The molecule has 1 aromatic carbocycles. The molecule has 1 heterocycles. The van der Waals surface area contributed by atoms with Crippen molar-refractivity contribution in [3.63, 3.8) is 0 Å². The Balaban J connectivity index is 1.62. The first kappa shape index (κ1) is 16.0. The molecule has 1 aliphatic carbocycles. The van der Waals surface area contributed by atoms with E-state index in [4.69, 9.17) is 5.73 Å². The monoisotopic (exact) mass is 302 g/mol. The van der Waals surface area contributed by atoms with Gasteiger partial charge in [0.15, 0.2) is 0 Å². The molecule has 2 aliphatic rings. The number of nitrogens with two attached hydrogens (primary N) is 1. The van der Waals surface area contributed by atoms with Gasteiger partial charge in [-0.2, -0.15) is 0 Å². The highest BCUT2D eigenvalue weighted by atomic mass is 16.3. The maximum absolute atomic E-state index is 9.98. The van der Waals surface area contributed by atoms with Gasteiger partial charge in [0.1, 0.15) is 0 Å². The molecule has 1 aliphatic heterocycles. The number of likely N-dealkylation sites (tertiary alicyclic amines) is 1. The molecule has 1 saturated heterocycles. The van der Waals surface area contributed by atoms with E-state index < -0.39 is 0 Å². The van der Waals surface area contributed by atoms with Gasteiger partial charge in [-0.05, 0) is 55.8 Å². The topological polar surface area (TPSA) is 49.5 Å². The molecule has 3 heteroatoms. The Kier molecular flexibility index (Phi) is 5.17. The molecule has 0 amide bonds. The molecule has 3 nitrogen and oxygen atoms in total. The molecule has 1 aromatic rings. The van der Waals surface area contributed by atoms with E-state index in [0.29, 0.717) is 13.2 Å². The summed E-state index contributed by atoms with van der Waals surface area (Å²) in [5.74, 6) is 0.889. The number of piperidine rings is 1. The van der Waals surface area contributed by atoms with Crippen LogP contribution in [0.15, 0.2) is 24.3 Å². The summed E-state index contributed by atoms with van der Waals surface area (Å²) in [7, 11) is 0. The van der Waals surface area contributed by atoms with Gasteiger partial charge < -0.3 is 10.8 Å². The molecule has 0 radical (unpaired) electrons. The fourth-order valence-electron chi connectivity index (χ4n) is 4.05. The summed E-state index contributed by atoms with van der Waals surface area (Å²) in [6, 6.07) is 8.82. The lowest BCUT2D eigenvalue weighted by atomic mass is 9.76. The molecule has 2 fully saturated rings. The van der Waals surface area contributed by atoms with Gasteiger partial charge in [0.2, 0.25) is 0 Å². The van der Waals surface area contributed by atoms with Crippen molar-refractivity contribution in [2.75, 3.05) is 26.2 Å². The molecular weight excluding hydrogens is 272 g/mol. The van der Waals surface area contributed by atoms with Gasteiger partial charge in [-0.3, -0.25) is 4.90 Å². The van der Waals surface area contributed by atoms with Crippen LogP contribution >= 0.6 is 0 Å². The van der Waals surface area contributed by atoms with E-state index in [0.717, 1.165) is 32.0 Å². The summed E-state index contributed by atoms with van der Waals surface area (Å²) < 4.78 is 0. The van der Waals surface area contributed by atoms with Crippen LogP contribution in [0.1, 0.15) is 43.2 Å². The predicted molar refractivity (Wildman–Crippen MR) is 90.6 cm³/mol. The first-order chi connectivity index (χ1) is 10.7. The van der Waals surface area contributed by atoms with Crippen molar-refractivity contribution in [1.82, 2.24) is 4.90 Å². The largest absolute Gasteiger partial charge is 0.396 e. The smallest absolute Gasteiger partial charge is 0.0499 e. The van der Waals surface area contributed by atoms with Crippen molar-refractivity contribution >= 4 is 0 Å². The van der Waals surface area contributed by atoms with Crippen molar-refractivity contribution in [2.45, 2.75) is 45.1 Å². The van der Waals surface area contributed by atoms with Crippen LogP contribution in [0.4, 0.5) is 0 Å². The summed E-state index contributed by atoms with van der Waals surface area (Å²) in [4.78, 5) is 2.55. The minimum absolute atomic E-state index is 0.161. The molecular formula is C19H30N2O. The van der Waals surface area contributed by atoms with E-state index >= 15 is 0 Å². The van der Waals surface area contributed by atoms with Crippen molar-refractivity contribution in [3.8, 4) is 0 Å². The van der Waals surface area contributed by atoms with Crippen molar-refractivity contribution in [1.29, 1.82) is 0 Å². The lowest BCUT2D eigenvalue weighted by Gasteiger charge is -2.42. The maximum Gasteiger partial charge on any atom is 0.0499 e. The Morgan fingerprint density at radius 2 is 2.09 bits per heavy atom. The first-order valence-electron chi connectivity index (χ1n) is 8.84. The van der Waals surface area contributed by atoms with E-state index in [1.54, 1.807) is 0 Å². The average Bonchev–Trinajstić information content (AvgIpc) is 3.32. The van der Waals surface area contributed by atoms with Crippen LogP contribution in [0.25, 0.3) is 0 Å². The number of benzene rings is 1. The second kappa shape index (κ2) is 7.12. The molecule has 1 saturated carbocycles. The van der Waals surface area contributed by atoms with Crippen LogP contribution in [0.2, 0.25) is 0 Å². The number of rotatable bonds is 7. The molecule has 3 rings (SSSR count). The highest BCUT2D eigenvalue weighted by Crippen LogP contribution is 2.44. The SMILES string of the molecule is NCCc1cccc(CN2CCCC(CO)(CC3CC3)C2)c1. The summed E-state index contributed by atoms with van der Waals surface area (Å²) in [5, 5.41) is 9.98. The number of hydrogen-bond donors (Lipinski definition) is 2. The minimum Gasteiger partial charge on any atom is -0.396 e. The molecule has 0 aromatic heterocycles. The van der Waals surface area contributed by atoms with Gasteiger partial charge in [-0.1, -0.05) is 37.1 Å². The van der Waals surface area contributed by atoms with Crippen LogP contribution < -0.4 is 5.73 Å². The third-order valence-corrected chi connectivity index (χ3v) is 5.33. The van der Waals surface area contributed by atoms with Crippen molar-refractivity contribution in [3.05, 3.63) is 35.4 Å². The number of nitrogens with zero attached hydrogens (tertiary/aromatic N) is 1. The molecule has 1 unspecified atom stereocenters. The van der Waals surface area contributed by atoms with E-state index in [-0.39, 0.29) is 5.41 Å². The van der Waals surface area contributed by atoms with Crippen LogP contribution in [-0.2, 0) is 13.0 Å². The van der Waals surface area contributed by atoms with Crippen LogP contribution in [0, 0.1) is 11.3 Å². The van der Waals surface area contributed by atoms with E-state index in [2.05, 4.69) is 29.2 Å². The summed E-state index contributed by atoms with van der Waals surface area (Å²) in [6.07, 6.45) is 7.36. The zero-order chi connectivity index (χ0) is 15.4. The van der Waals surface area contributed by atoms with Crippen LogP contribution in [-0.4, -0.2) is 36.2 Å². The molecule has 22 heavy (non-hydrogen) atoms. The Morgan fingerprint density at radius 1 is 1.27 bits per heavy atom. The van der Waals surface area contributed by atoms with E-state index in [9.17, 15) is 5.11 Å². The Bertz CT molecular complexity index is 486. The fourth-order valence-corrected chi connectivity index (χ4v) is 4.05. The third kappa shape index (κ3) is 4.09. The summed E-state index contributed by atoms with van der Waals surface area (Å²) in [6.45, 7) is 4.29. The standard InChI is InChI=1S/C19H30N2O/c20-9-7-16-3-1-4-18(11-16)13-21-10-2-8-19(14-21,15-22)12-17-5-6-17/h1,3-4,11,17,22H,2,5-10,12-15,20H2. The average molecular weight is 302 g/mol. The Labute approximate surface area is 134 Å². The maximum atomic E-state index is 9.98. The highest BCUT2D eigenvalue weighted by Gasteiger charge is 2.39. The predicted octanol–water partition coefficient (Wildman–Crippen LogP) is 2.56. The van der Waals surface area contributed by atoms with Gasteiger partial charge in [0.05, 0.1) is 0 Å². The minimum atomic E-state index is 0.161. The quantitative estimate of drug-likeness (QED) is 0.814. The summed E-state index contributed by atoms with van der Waals surface area (Å²) >= 11 is 0. The lowest BCUT2D eigenvalue weighted by Crippen LogP contribution is -2.45. The zero-order valence-electron chi connectivity index (χ0n) is 13.6. The molecule has 1 atom stereocenters. The zero-order valence-corrected chi connectivity index (χ0v) is 13.6. The number of aliphatic hydroxyl groups excluding tert-OH is 1. The second-order valence-electron chi connectivity index (χ2n) is 7.48. The van der Waals surface area contributed by atoms with Gasteiger partial charge in [0, 0.05) is 25.1 Å². The van der Waals surface area contributed by atoms with Crippen molar-refractivity contribution < 1.29 is 5.11 Å². The normalized spacial score (nSPS) is 26.3. The second-order valence-corrected chi connectivity index (χ2v) is 7.48. The van der Waals surface area contributed by atoms with Gasteiger partial charge >= 0.3 is 0 Å². The Hall–Kier alpha value is -0.900. The lowest BCUT2D eigenvalue weighted by molar-refractivity contribution is 0.0180. The van der Waals surface area contributed by atoms with Crippen molar-refractivity contribution in [2.24, 2.45) is 17.1 Å². The number of hydrogen-bond acceptors (Lipinski definition) is 3. The molecule has 0 bridgehead atoms.